The molecular weight excluding hydrogens is 247 g/mol. The van der Waals surface area contributed by atoms with E-state index in [9.17, 15) is 4.39 Å². The number of aryl methyl sites for hydroxylation is 2. The number of fused-ring (bicyclic) bond motifs is 1. The summed E-state index contributed by atoms with van der Waals surface area (Å²) in [5, 5.41) is 0.752. The fourth-order valence-electron chi connectivity index (χ4n) is 1.45. The second kappa shape index (κ2) is 3.28. The van der Waals surface area contributed by atoms with Gasteiger partial charge in [-0.05, 0) is 41.9 Å². The number of rotatable bonds is 0. The van der Waals surface area contributed by atoms with Crippen LogP contribution < -0.4 is 0 Å². The average molecular weight is 255 g/mol. The van der Waals surface area contributed by atoms with E-state index in [2.05, 4.69) is 25.9 Å². The molecule has 0 bridgehead atoms. The van der Waals surface area contributed by atoms with Crippen LogP contribution in [0.25, 0.3) is 10.9 Å². The first-order valence-electron chi connectivity index (χ1n) is 4.18. The Labute approximate surface area is 89.3 Å². The SMILES string of the molecule is Cc1nc(C)c2cc(F)cc(Br)c2n1. The van der Waals surface area contributed by atoms with Gasteiger partial charge in [0.25, 0.3) is 0 Å². The first-order chi connectivity index (χ1) is 6.58. The Balaban J connectivity index is 2.94. The van der Waals surface area contributed by atoms with Crippen molar-refractivity contribution < 1.29 is 4.39 Å². The van der Waals surface area contributed by atoms with Crippen molar-refractivity contribution in [2.24, 2.45) is 0 Å². The fourth-order valence-corrected chi connectivity index (χ4v) is 1.97. The Kier molecular flexibility index (Phi) is 2.23. The van der Waals surface area contributed by atoms with Crippen molar-refractivity contribution in [3.8, 4) is 0 Å². The highest BCUT2D eigenvalue weighted by Gasteiger charge is 2.07. The zero-order chi connectivity index (χ0) is 10.3. The molecule has 1 aromatic heterocycles. The van der Waals surface area contributed by atoms with Gasteiger partial charge in [-0.15, -0.1) is 0 Å². The first-order valence-corrected chi connectivity index (χ1v) is 4.97. The third kappa shape index (κ3) is 1.50. The molecule has 0 fully saturated rings. The average Bonchev–Trinajstić information content (AvgIpc) is 2.07. The highest BCUT2D eigenvalue weighted by molar-refractivity contribution is 9.10. The van der Waals surface area contributed by atoms with E-state index in [1.54, 1.807) is 0 Å². The molecule has 0 unspecified atom stereocenters. The Morgan fingerprint density at radius 1 is 1.21 bits per heavy atom. The summed E-state index contributed by atoms with van der Waals surface area (Å²) in [6.45, 7) is 3.67. The molecule has 0 atom stereocenters. The zero-order valence-electron chi connectivity index (χ0n) is 7.81. The molecule has 1 heterocycles. The van der Waals surface area contributed by atoms with Crippen LogP contribution in [0, 0.1) is 19.7 Å². The molecule has 4 heteroatoms. The normalized spacial score (nSPS) is 10.9. The molecule has 0 amide bonds. The Morgan fingerprint density at radius 2 is 1.93 bits per heavy atom. The molecular formula is C10H8BrFN2. The van der Waals surface area contributed by atoms with Crippen LogP contribution in [0.3, 0.4) is 0 Å². The van der Waals surface area contributed by atoms with Crippen LogP contribution >= 0.6 is 15.9 Å². The van der Waals surface area contributed by atoms with Gasteiger partial charge in [0, 0.05) is 15.6 Å². The van der Waals surface area contributed by atoms with Gasteiger partial charge in [0.2, 0.25) is 0 Å². The van der Waals surface area contributed by atoms with Gasteiger partial charge in [-0.1, -0.05) is 0 Å². The molecule has 0 aliphatic carbocycles. The first kappa shape index (κ1) is 9.52. The van der Waals surface area contributed by atoms with Crippen molar-refractivity contribution in [3.63, 3.8) is 0 Å². The predicted octanol–water partition coefficient (Wildman–Crippen LogP) is 3.15. The van der Waals surface area contributed by atoms with Crippen molar-refractivity contribution in [2.45, 2.75) is 13.8 Å². The van der Waals surface area contributed by atoms with Crippen molar-refractivity contribution >= 4 is 26.8 Å². The molecule has 2 aromatic rings. The molecule has 0 aliphatic rings. The van der Waals surface area contributed by atoms with E-state index in [0.717, 1.165) is 16.6 Å². The molecule has 0 spiro atoms. The van der Waals surface area contributed by atoms with Gasteiger partial charge in [-0.3, -0.25) is 0 Å². The van der Waals surface area contributed by atoms with E-state index in [0.29, 0.717) is 10.3 Å². The molecule has 0 aliphatic heterocycles. The van der Waals surface area contributed by atoms with E-state index >= 15 is 0 Å². The van der Waals surface area contributed by atoms with Gasteiger partial charge in [-0.2, -0.15) is 0 Å². The molecule has 2 nitrogen and oxygen atoms in total. The second-order valence-corrected chi connectivity index (χ2v) is 3.99. The Bertz CT molecular complexity index is 464. The maximum Gasteiger partial charge on any atom is 0.126 e. The molecule has 1 aromatic carbocycles. The largest absolute Gasteiger partial charge is 0.238 e. The molecule has 0 radical (unpaired) electrons. The quantitative estimate of drug-likeness (QED) is 0.722. The Morgan fingerprint density at radius 3 is 2.64 bits per heavy atom. The second-order valence-electron chi connectivity index (χ2n) is 3.14. The van der Waals surface area contributed by atoms with Crippen LogP contribution in [-0.4, -0.2) is 9.97 Å². The van der Waals surface area contributed by atoms with Crippen LogP contribution in [0.2, 0.25) is 0 Å². The summed E-state index contributed by atoms with van der Waals surface area (Å²) in [4.78, 5) is 8.44. The number of nitrogens with zero attached hydrogens (tertiary/aromatic N) is 2. The third-order valence-corrected chi connectivity index (χ3v) is 2.63. The van der Waals surface area contributed by atoms with Gasteiger partial charge < -0.3 is 0 Å². The lowest BCUT2D eigenvalue weighted by Crippen LogP contribution is -1.94. The summed E-state index contributed by atoms with van der Waals surface area (Å²) in [6.07, 6.45) is 0. The van der Waals surface area contributed by atoms with E-state index in [-0.39, 0.29) is 5.82 Å². The summed E-state index contributed by atoms with van der Waals surface area (Å²) in [7, 11) is 0. The van der Waals surface area contributed by atoms with Crippen LogP contribution in [0.4, 0.5) is 4.39 Å². The molecule has 14 heavy (non-hydrogen) atoms. The van der Waals surface area contributed by atoms with E-state index in [4.69, 9.17) is 0 Å². The minimum atomic E-state index is -0.278. The molecule has 2 rings (SSSR count). The fraction of sp³-hybridized carbons (Fsp3) is 0.200. The molecule has 0 saturated heterocycles. The molecule has 0 N–H and O–H groups in total. The van der Waals surface area contributed by atoms with Crippen molar-refractivity contribution in [1.29, 1.82) is 0 Å². The van der Waals surface area contributed by atoms with Crippen molar-refractivity contribution in [1.82, 2.24) is 9.97 Å². The lowest BCUT2D eigenvalue weighted by molar-refractivity contribution is 0.628. The molecule has 0 saturated carbocycles. The van der Waals surface area contributed by atoms with Gasteiger partial charge in [0.1, 0.15) is 11.6 Å². The van der Waals surface area contributed by atoms with Crippen molar-refractivity contribution in [2.75, 3.05) is 0 Å². The molecule has 72 valence electrons. The topological polar surface area (TPSA) is 25.8 Å². The van der Waals surface area contributed by atoms with Crippen molar-refractivity contribution in [3.05, 3.63) is 33.9 Å². The summed E-state index contributed by atoms with van der Waals surface area (Å²) in [5.41, 5.74) is 1.56. The highest BCUT2D eigenvalue weighted by Crippen LogP contribution is 2.25. The summed E-state index contributed by atoms with van der Waals surface area (Å²) < 4.78 is 13.8. The summed E-state index contributed by atoms with van der Waals surface area (Å²) in [5.74, 6) is 0.419. The highest BCUT2D eigenvalue weighted by atomic mass is 79.9. The van der Waals surface area contributed by atoms with Gasteiger partial charge in [0.05, 0.1) is 5.52 Å². The van der Waals surface area contributed by atoms with Gasteiger partial charge >= 0.3 is 0 Å². The van der Waals surface area contributed by atoms with Crippen LogP contribution in [0.15, 0.2) is 16.6 Å². The lowest BCUT2D eigenvalue weighted by Gasteiger charge is -2.04. The maximum atomic E-state index is 13.1. The number of halogens is 2. The maximum absolute atomic E-state index is 13.1. The minimum absolute atomic E-state index is 0.278. The Hall–Kier alpha value is -1.03. The standard InChI is InChI=1S/C10H8BrFN2/c1-5-8-3-7(12)4-9(11)10(8)14-6(2)13-5/h3-4H,1-2H3. The summed E-state index contributed by atoms with van der Waals surface area (Å²) in [6, 6.07) is 2.86. The van der Waals surface area contributed by atoms with Crippen LogP contribution in [0.5, 0.6) is 0 Å². The van der Waals surface area contributed by atoms with Gasteiger partial charge in [-0.25, -0.2) is 14.4 Å². The number of benzene rings is 1. The van der Waals surface area contributed by atoms with E-state index in [1.807, 2.05) is 13.8 Å². The van der Waals surface area contributed by atoms with E-state index in [1.165, 1.54) is 12.1 Å². The monoisotopic (exact) mass is 254 g/mol. The summed E-state index contributed by atoms with van der Waals surface area (Å²) >= 11 is 3.29. The third-order valence-electron chi connectivity index (χ3n) is 2.02. The minimum Gasteiger partial charge on any atom is -0.238 e. The zero-order valence-corrected chi connectivity index (χ0v) is 9.39. The lowest BCUT2D eigenvalue weighted by atomic mass is 10.2. The number of aromatic nitrogens is 2. The number of hydrogen-bond donors (Lipinski definition) is 0. The smallest absolute Gasteiger partial charge is 0.126 e. The predicted molar refractivity (Wildman–Crippen MR) is 56.7 cm³/mol. The number of hydrogen-bond acceptors (Lipinski definition) is 2. The van der Waals surface area contributed by atoms with Crippen LogP contribution in [0.1, 0.15) is 11.5 Å². The van der Waals surface area contributed by atoms with Crippen LogP contribution in [-0.2, 0) is 0 Å². The van der Waals surface area contributed by atoms with Gasteiger partial charge in [0.15, 0.2) is 0 Å². The van der Waals surface area contributed by atoms with E-state index < -0.39 is 0 Å².